The van der Waals surface area contributed by atoms with E-state index in [-0.39, 0.29) is 6.54 Å². The lowest BCUT2D eigenvalue weighted by Crippen LogP contribution is -2.58. The van der Waals surface area contributed by atoms with E-state index in [0.717, 1.165) is 21.7 Å². The number of aliphatic hydroxyl groups is 1. The molecule has 0 radical (unpaired) electrons. The monoisotopic (exact) mass is 423 g/mol. The van der Waals surface area contributed by atoms with Crippen LogP contribution in [-0.2, 0) is 14.4 Å². The van der Waals surface area contributed by atoms with Crippen molar-refractivity contribution in [1.29, 1.82) is 0 Å². The Labute approximate surface area is 179 Å². The van der Waals surface area contributed by atoms with Gasteiger partial charge < -0.3 is 15.5 Å². The van der Waals surface area contributed by atoms with Gasteiger partial charge in [-0.3, -0.25) is 24.6 Å². The summed E-state index contributed by atoms with van der Waals surface area (Å²) in [6, 6.07) is 16.1. The first-order valence-electron chi connectivity index (χ1n) is 10.2. The van der Waals surface area contributed by atoms with Crippen LogP contribution in [0.15, 0.2) is 54.6 Å². The van der Waals surface area contributed by atoms with Crippen LogP contribution in [0.1, 0.15) is 17.2 Å². The highest BCUT2D eigenvalue weighted by molar-refractivity contribution is 6.09. The predicted octanol–water partition coefficient (Wildman–Crippen LogP) is 1.17. The minimum Gasteiger partial charge on any atom is -0.480 e. The second kappa shape index (κ2) is 8.13. The molecule has 0 aliphatic carbocycles. The Kier molecular flexibility index (Phi) is 5.51. The predicted molar refractivity (Wildman–Crippen MR) is 113 cm³/mol. The number of hydrogen-bond donors (Lipinski definition) is 4. The lowest BCUT2D eigenvalue weighted by molar-refractivity contribution is -0.153. The largest absolute Gasteiger partial charge is 0.480 e. The van der Waals surface area contributed by atoms with E-state index in [9.17, 15) is 24.6 Å². The molecule has 8 heteroatoms. The van der Waals surface area contributed by atoms with Crippen LogP contribution in [0.2, 0.25) is 0 Å². The molecule has 2 saturated heterocycles. The fourth-order valence-electron chi connectivity index (χ4n) is 4.76. The number of aliphatic hydroxyl groups excluding tert-OH is 1. The second-order valence-corrected chi connectivity index (χ2v) is 8.04. The number of carboxylic acids is 1. The summed E-state index contributed by atoms with van der Waals surface area (Å²) in [5.74, 6) is -4.39. The molecule has 0 bridgehead atoms. The number of anilines is 1. The van der Waals surface area contributed by atoms with Crippen molar-refractivity contribution in [2.24, 2.45) is 11.8 Å². The van der Waals surface area contributed by atoms with Crippen LogP contribution in [-0.4, -0.2) is 58.1 Å². The lowest BCUT2D eigenvalue weighted by atomic mass is 9.79. The zero-order valence-electron chi connectivity index (χ0n) is 17.1. The number of para-hydroxylation sites is 1. The number of nitrogens with zero attached hydrogens (tertiary/aromatic N) is 1. The van der Waals surface area contributed by atoms with Gasteiger partial charge in [-0.15, -0.1) is 0 Å². The highest BCUT2D eigenvalue weighted by Gasteiger charge is 2.68. The molecule has 2 fully saturated rings. The molecule has 31 heavy (non-hydrogen) atoms. The van der Waals surface area contributed by atoms with Crippen molar-refractivity contribution < 1.29 is 24.6 Å². The zero-order valence-corrected chi connectivity index (χ0v) is 17.1. The number of imide groups is 1. The van der Waals surface area contributed by atoms with Gasteiger partial charge >= 0.3 is 5.97 Å². The van der Waals surface area contributed by atoms with Crippen LogP contribution in [0.3, 0.4) is 0 Å². The second-order valence-electron chi connectivity index (χ2n) is 8.04. The molecule has 0 aromatic heterocycles. The summed E-state index contributed by atoms with van der Waals surface area (Å²) in [6.07, 6.45) is 0. The smallest absolute Gasteiger partial charge is 0.327 e. The molecule has 8 nitrogen and oxygen atoms in total. The number of benzene rings is 2. The van der Waals surface area contributed by atoms with Crippen LogP contribution in [0.25, 0.3) is 0 Å². The number of aliphatic carboxylic acids is 1. The van der Waals surface area contributed by atoms with Crippen LogP contribution in [0.4, 0.5) is 5.69 Å². The number of fused-ring (bicyclic) bond motifs is 1. The Morgan fingerprint density at radius 2 is 1.77 bits per heavy atom. The number of rotatable bonds is 7. The molecule has 2 heterocycles. The normalized spacial score (nSPS) is 27.4. The van der Waals surface area contributed by atoms with Crippen molar-refractivity contribution in [2.75, 3.05) is 25.0 Å². The lowest BCUT2D eigenvalue weighted by Gasteiger charge is -2.29. The number of carbonyl (C=O) groups is 3. The third-order valence-electron chi connectivity index (χ3n) is 6.34. The number of carboxylic acid groups (broad SMARTS) is 1. The number of likely N-dealkylation sites (tertiary alicyclic amines) is 1. The SMILES string of the molecule is Cc1ccccc1C1NC(CO)(C(=O)O)C2C(=O)N(CCNc3ccccc3)C(=O)C12. The maximum absolute atomic E-state index is 13.3. The van der Waals surface area contributed by atoms with Gasteiger partial charge in [0, 0.05) is 24.8 Å². The van der Waals surface area contributed by atoms with Gasteiger partial charge in [-0.05, 0) is 30.2 Å². The highest BCUT2D eigenvalue weighted by atomic mass is 16.4. The molecule has 4 atom stereocenters. The Morgan fingerprint density at radius 3 is 2.42 bits per heavy atom. The quantitative estimate of drug-likeness (QED) is 0.494. The summed E-state index contributed by atoms with van der Waals surface area (Å²) < 4.78 is 0. The van der Waals surface area contributed by atoms with Crippen LogP contribution < -0.4 is 10.6 Å². The van der Waals surface area contributed by atoms with E-state index in [1.54, 1.807) is 0 Å². The first kappa shape index (κ1) is 21.0. The molecule has 2 aromatic rings. The molecule has 2 aliphatic rings. The van der Waals surface area contributed by atoms with Gasteiger partial charge in [-0.1, -0.05) is 42.5 Å². The number of aryl methyl sites for hydroxylation is 1. The van der Waals surface area contributed by atoms with Gasteiger partial charge in [0.15, 0.2) is 5.54 Å². The third kappa shape index (κ3) is 3.37. The van der Waals surface area contributed by atoms with E-state index >= 15 is 0 Å². The summed E-state index contributed by atoms with van der Waals surface area (Å²) in [5, 5.41) is 26.1. The first-order chi connectivity index (χ1) is 14.9. The van der Waals surface area contributed by atoms with Gasteiger partial charge in [0.25, 0.3) is 0 Å². The Hall–Kier alpha value is -3.23. The average molecular weight is 423 g/mol. The van der Waals surface area contributed by atoms with Gasteiger partial charge in [-0.25, -0.2) is 0 Å². The Bertz CT molecular complexity index is 1010. The summed E-state index contributed by atoms with van der Waals surface area (Å²) in [6.45, 7) is 1.53. The van der Waals surface area contributed by atoms with Crippen LogP contribution in [0, 0.1) is 18.8 Å². The van der Waals surface area contributed by atoms with E-state index < -0.39 is 47.8 Å². The minimum absolute atomic E-state index is 0.112. The molecule has 162 valence electrons. The topological polar surface area (TPSA) is 119 Å². The summed E-state index contributed by atoms with van der Waals surface area (Å²) in [5.41, 5.74) is 0.574. The van der Waals surface area contributed by atoms with Gasteiger partial charge in [0.1, 0.15) is 0 Å². The zero-order chi connectivity index (χ0) is 22.2. The van der Waals surface area contributed by atoms with E-state index in [1.165, 1.54) is 0 Å². The standard InChI is InChI=1S/C23H25N3O5/c1-14-7-5-6-10-16(14)19-17-18(23(13-27,25-19)22(30)31)21(29)26(20(17)28)12-11-24-15-8-3-2-4-9-15/h2-10,17-19,24-25,27H,11-13H2,1H3,(H,30,31). The molecule has 4 unspecified atom stereocenters. The van der Waals surface area contributed by atoms with E-state index in [4.69, 9.17) is 0 Å². The van der Waals surface area contributed by atoms with E-state index in [0.29, 0.717) is 6.54 Å². The van der Waals surface area contributed by atoms with E-state index in [2.05, 4.69) is 10.6 Å². The fourth-order valence-corrected chi connectivity index (χ4v) is 4.76. The average Bonchev–Trinajstić information content (AvgIpc) is 3.24. The Balaban J connectivity index is 1.64. The first-order valence-corrected chi connectivity index (χ1v) is 10.2. The van der Waals surface area contributed by atoms with Crippen molar-refractivity contribution in [1.82, 2.24) is 10.2 Å². The van der Waals surface area contributed by atoms with Crippen molar-refractivity contribution in [3.8, 4) is 0 Å². The van der Waals surface area contributed by atoms with Crippen LogP contribution >= 0.6 is 0 Å². The molecule has 0 spiro atoms. The molecule has 2 aromatic carbocycles. The summed E-state index contributed by atoms with van der Waals surface area (Å²) in [4.78, 5) is 39.9. The molecular weight excluding hydrogens is 398 g/mol. The maximum Gasteiger partial charge on any atom is 0.327 e. The number of hydrogen-bond acceptors (Lipinski definition) is 6. The van der Waals surface area contributed by atoms with E-state index in [1.807, 2.05) is 61.5 Å². The third-order valence-corrected chi connectivity index (χ3v) is 6.34. The fraction of sp³-hybridized carbons (Fsp3) is 0.348. The number of amides is 2. The van der Waals surface area contributed by atoms with Crippen molar-refractivity contribution in [3.63, 3.8) is 0 Å². The number of nitrogens with one attached hydrogen (secondary N) is 2. The van der Waals surface area contributed by atoms with Gasteiger partial charge in [0.05, 0.1) is 18.4 Å². The molecule has 4 rings (SSSR count). The van der Waals surface area contributed by atoms with Crippen molar-refractivity contribution >= 4 is 23.5 Å². The maximum atomic E-state index is 13.3. The van der Waals surface area contributed by atoms with Gasteiger partial charge in [-0.2, -0.15) is 0 Å². The van der Waals surface area contributed by atoms with Crippen molar-refractivity contribution in [3.05, 3.63) is 65.7 Å². The van der Waals surface area contributed by atoms with Gasteiger partial charge in [0.2, 0.25) is 11.8 Å². The minimum atomic E-state index is -1.91. The highest BCUT2D eigenvalue weighted by Crippen LogP contribution is 2.49. The number of carbonyl (C=O) groups excluding carboxylic acids is 2. The van der Waals surface area contributed by atoms with Crippen LogP contribution in [0.5, 0.6) is 0 Å². The molecule has 4 N–H and O–H groups in total. The molecule has 2 aliphatic heterocycles. The van der Waals surface area contributed by atoms with Crippen molar-refractivity contribution in [2.45, 2.75) is 18.5 Å². The molecule has 2 amide bonds. The molecule has 0 saturated carbocycles. The summed E-state index contributed by atoms with van der Waals surface area (Å²) in [7, 11) is 0. The summed E-state index contributed by atoms with van der Waals surface area (Å²) >= 11 is 0. The molecular formula is C23H25N3O5. The Morgan fingerprint density at radius 1 is 1.10 bits per heavy atom.